The van der Waals surface area contributed by atoms with E-state index in [9.17, 15) is 4.79 Å². The molecule has 2 unspecified atom stereocenters. The van der Waals surface area contributed by atoms with Crippen LogP contribution in [0.5, 0.6) is 0 Å². The van der Waals surface area contributed by atoms with Crippen LogP contribution in [0.3, 0.4) is 0 Å². The van der Waals surface area contributed by atoms with Gasteiger partial charge in [0.2, 0.25) is 11.0 Å². The molecule has 1 saturated carbocycles. The van der Waals surface area contributed by atoms with Crippen LogP contribution in [0, 0.1) is 5.92 Å². The number of halogens is 1. The van der Waals surface area contributed by atoms with E-state index in [2.05, 4.69) is 48.6 Å². The molecule has 24 heavy (non-hydrogen) atoms. The van der Waals surface area contributed by atoms with Crippen molar-refractivity contribution in [2.75, 3.05) is 5.32 Å². The summed E-state index contributed by atoms with van der Waals surface area (Å²) < 4.78 is 1.04. The number of rotatable bonds is 4. The normalized spacial score (nSPS) is 19.0. The number of carbonyl (C=O) groups excluding carboxylic acids is 1. The number of pyridine rings is 1. The summed E-state index contributed by atoms with van der Waals surface area (Å²) in [7, 11) is 0. The second kappa shape index (κ2) is 6.41. The van der Waals surface area contributed by atoms with Crippen LogP contribution < -0.4 is 5.32 Å². The Bertz CT molecular complexity index is 883. The van der Waals surface area contributed by atoms with Crippen LogP contribution in [0.25, 0.3) is 10.7 Å². The molecule has 0 bridgehead atoms. The zero-order chi connectivity index (χ0) is 16.5. The lowest BCUT2D eigenvalue weighted by atomic mass is 10.1. The van der Waals surface area contributed by atoms with Crippen LogP contribution in [0.15, 0.2) is 53.1 Å². The number of amides is 1. The van der Waals surface area contributed by atoms with E-state index in [-0.39, 0.29) is 17.7 Å². The van der Waals surface area contributed by atoms with Gasteiger partial charge in [0.1, 0.15) is 5.69 Å². The van der Waals surface area contributed by atoms with Gasteiger partial charge in [0.25, 0.3) is 0 Å². The van der Waals surface area contributed by atoms with Crippen molar-refractivity contribution in [2.45, 2.75) is 12.3 Å². The number of anilines is 1. The number of hydrogen-bond acceptors (Lipinski definition) is 5. The summed E-state index contributed by atoms with van der Waals surface area (Å²) in [6.45, 7) is 0. The van der Waals surface area contributed by atoms with Crippen molar-refractivity contribution in [2.24, 2.45) is 5.92 Å². The Hall–Kier alpha value is -2.12. The Balaban J connectivity index is 1.42. The summed E-state index contributed by atoms with van der Waals surface area (Å²) >= 11 is 4.81. The van der Waals surface area contributed by atoms with Crippen LogP contribution in [0.1, 0.15) is 17.9 Å². The predicted octanol–water partition coefficient (Wildman–Crippen LogP) is 4.10. The summed E-state index contributed by atoms with van der Waals surface area (Å²) in [4.78, 5) is 16.6. The third-order valence-corrected chi connectivity index (χ3v) is 5.30. The van der Waals surface area contributed by atoms with Crippen molar-refractivity contribution in [3.05, 3.63) is 58.7 Å². The van der Waals surface area contributed by atoms with E-state index in [0.717, 1.165) is 16.6 Å². The molecular weight excluding hydrogens is 388 g/mol. The molecular formula is C17H13BrN4OS. The second-order valence-electron chi connectivity index (χ2n) is 5.62. The first-order valence-corrected chi connectivity index (χ1v) is 9.13. The SMILES string of the molecule is O=C(Nc1nnc(-c2ccccn2)s1)C1CC1c1cccc(Br)c1. The van der Waals surface area contributed by atoms with Crippen molar-refractivity contribution in [3.8, 4) is 10.7 Å². The number of nitrogens with one attached hydrogen (secondary N) is 1. The Labute approximate surface area is 151 Å². The van der Waals surface area contributed by atoms with Crippen molar-refractivity contribution in [3.63, 3.8) is 0 Å². The standard InChI is InChI=1S/C17H13BrN4OS/c18-11-5-3-4-10(8-11)12-9-13(12)15(23)20-17-22-21-16(24-17)14-6-1-2-7-19-14/h1-8,12-13H,9H2,(H,20,22,23). The van der Waals surface area contributed by atoms with E-state index in [1.54, 1.807) is 6.20 Å². The Kier molecular flexibility index (Phi) is 4.12. The van der Waals surface area contributed by atoms with Gasteiger partial charge < -0.3 is 5.32 Å². The van der Waals surface area contributed by atoms with Crippen LogP contribution in [-0.2, 0) is 4.79 Å². The van der Waals surface area contributed by atoms with E-state index in [1.165, 1.54) is 16.9 Å². The second-order valence-corrected chi connectivity index (χ2v) is 7.51. The molecule has 0 radical (unpaired) electrons. The lowest BCUT2D eigenvalue weighted by molar-refractivity contribution is -0.117. The molecule has 0 saturated heterocycles. The number of aromatic nitrogens is 3. The molecule has 0 spiro atoms. The van der Waals surface area contributed by atoms with Crippen LogP contribution >= 0.6 is 27.3 Å². The fourth-order valence-electron chi connectivity index (χ4n) is 2.65. The molecule has 1 aliphatic rings. The highest BCUT2D eigenvalue weighted by molar-refractivity contribution is 9.10. The minimum absolute atomic E-state index is 0.00139. The molecule has 1 fully saturated rings. The maximum Gasteiger partial charge on any atom is 0.229 e. The zero-order valence-electron chi connectivity index (χ0n) is 12.5. The van der Waals surface area contributed by atoms with Gasteiger partial charge in [-0.25, -0.2) is 0 Å². The molecule has 5 nitrogen and oxygen atoms in total. The first-order chi connectivity index (χ1) is 11.7. The molecule has 1 N–H and O–H groups in total. The van der Waals surface area contributed by atoms with Gasteiger partial charge in [-0.2, -0.15) is 0 Å². The molecule has 120 valence electrons. The van der Waals surface area contributed by atoms with Gasteiger partial charge in [-0.1, -0.05) is 45.5 Å². The van der Waals surface area contributed by atoms with Gasteiger partial charge >= 0.3 is 0 Å². The lowest BCUT2D eigenvalue weighted by Gasteiger charge is -2.02. The maximum atomic E-state index is 12.4. The lowest BCUT2D eigenvalue weighted by Crippen LogP contribution is -2.14. The monoisotopic (exact) mass is 400 g/mol. The zero-order valence-corrected chi connectivity index (χ0v) is 14.9. The summed E-state index contributed by atoms with van der Waals surface area (Å²) in [5.74, 6) is 0.288. The summed E-state index contributed by atoms with van der Waals surface area (Å²) in [6, 6.07) is 13.7. The predicted molar refractivity (Wildman–Crippen MR) is 96.8 cm³/mol. The summed E-state index contributed by atoms with van der Waals surface area (Å²) in [5.41, 5.74) is 1.95. The first kappa shape index (κ1) is 15.4. The minimum atomic E-state index is 0.00139. The van der Waals surface area contributed by atoms with E-state index < -0.39 is 0 Å². The van der Waals surface area contributed by atoms with E-state index in [1.807, 2.05) is 30.3 Å². The van der Waals surface area contributed by atoms with Crippen LogP contribution in [0.4, 0.5) is 5.13 Å². The van der Waals surface area contributed by atoms with Gasteiger partial charge in [-0.15, -0.1) is 10.2 Å². The molecule has 7 heteroatoms. The molecule has 2 atom stereocenters. The highest BCUT2D eigenvalue weighted by Crippen LogP contribution is 2.48. The van der Waals surface area contributed by atoms with Crippen LogP contribution in [0.2, 0.25) is 0 Å². The average Bonchev–Trinajstić information content (AvgIpc) is 3.28. The highest BCUT2D eigenvalue weighted by atomic mass is 79.9. The van der Waals surface area contributed by atoms with E-state index in [4.69, 9.17) is 0 Å². The van der Waals surface area contributed by atoms with Gasteiger partial charge in [0.15, 0.2) is 5.01 Å². The van der Waals surface area contributed by atoms with Crippen molar-refractivity contribution in [1.82, 2.24) is 15.2 Å². The first-order valence-electron chi connectivity index (χ1n) is 7.52. The topological polar surface area (TPSA) is 67.8 Å². The molecule has 1 amide bonds. The van der Waals surface area contributed by atoms with Gasteiger partial charge in [0.05, 0.1) is 0 Å². The molecule has 1 aliphatic carbocycles. The van der Waals surface area contributed by atoms with Crippen molar-refractivity contribution >= 4 is 38.3 Å². The summed E-state index contributed by atoms with van der Waals surface area (Å²) in [5, 5.41) is 12.2. The quantitative estimate of drug-likeness (QED) is 0.715. The number of nitrogens with zero attached hydrogens (tertiary/aromatic N) is 3. The number of hydrogen-bond donors (Lipinski definition) is 1. The largest absolute Gasteiger partial charge is 0.300 e. The molecule has 2 aromatic heterocycles. The Morgan fingerprint density at radius 3 is 2.92 bits per heavy atom. The molecule has 3 aromatic rings. The van der Waals surface area contributed by atoms with Crippen molar-refractivity contribution < 1.29 is 4.79 Å². The fraction of sp³-hybridized carbons (Fsp3) is 0.176. The Morgan fingerprint density at radius 1 is 1.21 bits per heavy atom. The van der Waals surface area contributed by atoms with E-state index >= 15 is 0 Å². The smallest absolute Gasteiger partial charge is 0.229 e. The third kappa shape index (κ3) is 3.22. The van der Waals surface area contributed by atoms with Gasteiger partial charge in [-0.3, -0.25) is 9.78 Å². The maximum absolute atomic E-state index is 12.4. The molecule has 0 aliphatic heterocycles. The minimum Gasteiger partial charge on any atom is -0.300 e. The highest BCUT2D eigenvalue weighted by Gasteiger charge is 2.44. The Morgan fingerprint density at radius 2 is 2.12 bits per heavy atom. The number of carbonyl (C=O) groups is 1. The van der Waals surface area contributed by atoms with Crippen molar-refractivity contribution in [1.29, 1.82) is 0 Å². The third-order valence-electron chi connectivity index (χ3n) is 3.94. The van der Waals surface area contributed by atoms with E-state index in [0.29, 0.717) is 10.1 Å². The number of benzene rings is 1. The van der Waals surface area contributed by atoms with Gasteiger partial charge in [-0.05, 0) is 42.2 Å². The average molecular weight is 401 g/mol. The fourth-order valence-corrected chi connectivity index (χ4v) is 3.80. The van der Waals surface area contributed by atoms with Gasteiger partial charge in [0, 0.05) is 16.6 Å². The molecule has 4 rings (SSSR count). The van der Waals surface area contributed by atoms with Crippen LogP contribution in [-0.4, -0.2) is 21.1 Å². The molecule has 1 aromatic carbocycles. The molecule has 2 heterocycles. The summed E-state index contributed by atoms with van der Waals surface area (Å²) in [6.07, 6.45) is 2.58.